The molecule has 0 aliphatic rings. The first-order chi connectivity index (χ1) is 8.62. The summed E-state index contributed by atoms with van der Waals surface area (Å²) in [6.07, 6.45) is 0. The molecule has 0 atom stereocenters. The zero-order valence-electron chi connectivity index (χ0n) is 11.0. The van der Waals surface area contributed by atoms with E-state index in [4.69, 9.17) is 4.74 Å². The van der Waals surface area contributed by atoms with Crippen molar-refractivity contribution in [1.29, 1.82) is 0 Å². The average Bonchev–Trinajstić information content (AvgIpc) is 2.37. The normalized spacial score (nSPS) is 10.8. The largest absolute Gasteiger partial charge is 0.474 e. The van der Waals surface area contributed by atoms with Crippen molar-refractivity contribution in [2.75, 3.05) is 38.6 Å². The number of pyridine rings is 1. The van der Waals surface area contributed by atoms with Crippen molar-refractivity contribution in [3.8, 4) is 5.88 Å². The third-order valence-electron chi connectivity index (χ3n) is 2.67. The summed E-state index contributed by atoms with van der Waals surface area (Å²) < 4.78 is 31.8. The zero-order valence-corrected chi connectivity index (χ0v) is 11.0. The van der Waals surface area contributed by atoms with Crippen LogP contribution in [0.2, 0.25) is 0 Å². The molecule has 1 heterocycles. The van der Waals surface area contributed by atoms with E-state index >= 15 is 0 Å². The average molecular weight is 259 g/mol. The van der Waals surface area contributed by atoms with Crippen LogP contribution >= 0.6 is 0 Å². The molecule has 0 saturated carbocycles. The minimum atomic E-state index is -0.786. The Hall–Kier alpha value is -1.43. The lowest BCUT2D eigenvalue weighted by atomic mass is 10.4. The van der Waals surface area contributed by atoms with Crippen molar-refractivity contribution < 1.29 is 13.5 Å². The number of halogens is 2. The fourth-order valence-electron chi connectivity index (χ4n) is 1.54. The van der Waals surface area contributed by atoms with Gasteiger partial charge in [-0.1, -0.05) is 13.8 Å². The Kier molecular flexibility index (Phi) is 5.77. The van der Waals surface area contributed by atoms with Gasteiger partial charge in [0.1, 0.15) is 6.61 Å². The first-order valence-electron chi connectivity index (χ1n) is 6.01. The lowest BCUT2D eigenvalue weighted by Gasteiger charge is -2.18. The number of nitrogens with one attached hydrogen (secondary N) is 1. The molecule has 102 valence electrons. The van der Waals surface area contributed by atoms with E-state index in [1.54, 1.807) is 0 Å². The van der Waals surface area contributed by atoms with E-state index in [-0.39, 0.29) is 11.7 Å². The second-order valence-corrected chi connectivity index (χ2v) is 3.73. The van der Waals surface area contributed by atoms with E-state index in [0.717, 1.165) is 19.2 Å². The van der Waals surface area contributed by atoms with E-state index in [0.29, 0.717) is 13.2 Å². The van der Waals surface area contributed by atoms with Gasteiger partial charge in [-0.25, -0.2) is 8.78 Å². The minimum absolute atomic E-state index is 0.0192. The summed E-state index contributed by atoms with van der Waals surface area (Å²) in [5, 5.41) is 2.54. The molecule has 4 nitrogen and oxygen atoms in total. The summed E-state index contributed by atoms with van der Waals surface area (Å²) in [5.74, 6) is -1.71. The first-order valence-corrected chi connectivity index (χ1v) is 6.01. The van der Waals surface area contributed by atoms with Crippen molar-refractivity contribution in [1.82, 2.24) is 9.88 Å². The van der Waals surface area contributed by atoms with Crippen molar-refractivity contribution >= 4 is 5.82 Å². The molecular weight excluding hydrogens is 240 g/mol. The molecule has 0 saturated heterocycles. The van der Waals surface area contributed by atoms with E-state index in [9.17, 15) is 8.78 Å². The summed E-state index contributed by atoms with van der Waals surface area (Å²) in [4.78, 5) is 5.88. The molecule has 6 heteroatoms. The summed E-state index contributed by atoms with van der Waals surface area (Å²) in [6, 6.07) is 0.769. The van der Waals surface area contributed by atoms with Crippen LogP contribution < -0.4 is 10.1 Å². The maximum atomic E-state index is 13.4. The second kappa shape index (κ2) is 7.10. The van der Waals surface area contributed by atoms with Crippen LogP contribution in [0, 0.1) is 11.6 Å². The van der Waals surface area contributed by atoms with Crippen LogP contribution in [0.1, 0.15) is 13.8 Å². The SMILES string of the molecule is CCN(CC)CCOc1nc(NC)c(F)cc1F. The van der Waals surface area contributed by atoms with Gasteiger partial charge in [0.25, 0.3) is 5.88 Å². The van der Waals surface area contributed by atoms with Crippen molar-refractivity contribution in [3.63, 3.8) is 0 Å². The van der Waals surface area contributed by atoms with Gasteiger partial charge < -0.3 is 15.0 Å². The molecule has 0 bridgehead atoms. The van der Waals surface area contributed by atoms with Crippen LogP contribution in [0.4, 0.5) is 14.6 Å². The summed E-state index contributed by atoms with van der Waals surface area (Å²) in [6.45, 7) is 6.89. The second-order valence-electron chi connectivity index (χ2n) is 3.73. The molecular formula is C12H19F2N3O. The van der Waals surface area contributed by atoms with Crippen molar-refractivity contribution in [2.45, 2.75) is 13.8 Å². The fourth-order valence-corrected chi connectivity index (χ4v) is 1.54. The van der Waals surface area contributed by atoms with Gasteiger partial charge in [-0.2, -0.15) is 4.98 Å². The Morgan fingerprint density at radius 1 is 1.28 bits per heavy atom. The molecule has 1 rings (SSSR count). The molecule has 1 aromatic heterocycles. The molecule has 1 N–H and O–H groups in total. The van der Waals surface area contributed by atoms with Gasteiger partial charge in [-0.3, -0.25) is 0 Å². The van der Waals surface area contributed by atoms with Crippen molar-refractivity contribution in [3.05, 3.63) is 17.7 Å². The molecule has 0 spiro atoms. The number of rotatable bonds is 7. The predicted molar refractivity (Wildman–Crippen MR) is 67.0 cm³/mol. The molecule has 18 heavy (non-hydrogen) atoms. The highest BCUT2D eigenvalue weighted by molar-refractivity contribution is 5.38. The van der Waals surface area contributed by atoms with Crippen LogP contribution in [-0.2, 0) is 0 Å². The molecule has 0 aromatic carbocycles. The molecule has 0 fully saturated rings. The monoisotopic (exact) mass is 259 g/mol. The van der Waals surface area contributed by atoms with E-state index in [1.807, 2.05) is 13.8 Å². The smallest absolute Gasteiger partial charge is 0.252 e. The molecule has 0 radical (unpaired) electrons. The molecule has 1 aromatic rings. The van der Waals surface area contributed by atoms with Crippen LogP contribution in [0.3, 0.4) is 0 Å². The third kappa shape index (κ3) is 3.80. The number of hydrogen-bond donors (Lipinski definition) is 1. The van der Waals surface area contributed by atoms with E-state index < -0.39 is 11.6 Å². The number of ether oxygens (including phenoxy) is 1. The zero-order chi connectivity index (χ0) is 13.5. The predicted octanol–water partition coefficient (Wildman–Crippen LogP) is 2.12. The first kappa shape index (κ1) is 14.6. The lowest BCUT2D eigenvalue weighted by molar-refractivity contribution is 0.211. The summed E-state index contributed by atoms with van der Waals surface area (Å²) >= 11 is 0. The Labute approximate surface area is 106 Å². The maximum Gasteiger partial charge on any atom is 0.252 e. The van der Waals surface area contributed by atoms with E-state index in [1.165, 1.54) is 7.05 Å². The van der Waals surface area contributed by atoms with Gasteiger partial charge in [0.15, 0.2) is 17.5 Å². The highest BCUT2D eigenvalue weighted by Gasteiger charge is 2.12. The highest BCUT2D eigenvalue weighted by atomic mass is 19.1. The summed E-state index contributed by atoms with van der Waals surface area (Å²) in [7, 11) is 1.52. The van der Waals surface area contributed by atoms with E-state index in [2.05, 4.69) is 15.2 Å². The Balaban J connectivity index is 2.61. The van der Waals surface area contributed by atoms with Gasteiger partial charge in [-0.05, 0) is 13.1 Å². The Morgan fingerprint density at radius 3 is 2.50 bits per heavy atom. The number of nitrogens with zero attached hydrogens (tertiary/aromatic N) is 2. The van der Waals surface area contributed by atoms with Gasteiger partial charge >= 0.3 is 0 Å². The molecule has 0 aliphatic heterocycles. The minimum Gasteiger partial charge on any atom is -0.474 e. The van der Waals surface area contributed by atoms with Crippen LogP contribution in [0.5, 0.6) is 5.88 Å². The standard InChI is InChI=1S/C12H19F2N3O/c1-4-17(5-2)6-7-18-12-10(14)8-9(13)11(15-3)16-12/h8H,4-7H2,1-3H3,(H,15,16). The molecule has 0 aliphatic carbocycles. The highest BCUT2D eigenvalue weighted by Crippen LogP contribution is 2.20. The Morgan fingerprint density at radius 2 is 1.94 bits per heavy atom. The fraction of sp³-hybridized carbons (Fsp3) is 0.583. The number of anilines is 1. The van der Waals surface area contributed by atoms with Gasteiger partial charge in [-0.15, -0.1) is 0 Å². The van der Waals surface area contributed by atoms with Crippen molar-refractivity contribution in [2.24, 2.45) is 0 Å². The van der Waals surface area contributed by atoms with Gasteiger partial charge in [0.05, 0.1) is 0 Å². The third-order valence-corrected chi connectivity index (χ3v) is 2.67. The molecule has 0 amide bonds. The number of likely N-dealkylation sites (N-methyl/N-ethyl adjacent to an activating group) is 1. The maximum absolute atomic E-state index is 13.4. The molecule has 0 unspecified atom stereocenters. The van der Waals surface area contributed by atoms with Gasteiger partial charge in [0, 0.05) is 19.7 Å². The number of aromatic nitrogens is 1. The Bertz CT molecular complexity index is 384. The van der Waals surface area contributed by atoms with Gasteiger partial charge in [0.2, 0.25) is 0 Å². The topological polar surface area (TPSA) is 37.4 Å². The van der Waals surface area contributed by atoms with Crippen LogP contribution in [-0.4, -0.2) is 43.2 Å². The number of hydrogen-bond acceptors (Lipinski definition) is 4. The van der Waals surface area contributed by atoms with Crippen LogP contribution in [0.15, 0.2) is 6.07 Å². The lowest BCUT2D eigenvalue weighted by Crippen LogP contribution is -2.28. The quantitative estimate of drug-likeness (QED) is 0.814. The summed E-state index contributed by atoms with van der Waals surface area (Å²) in [5.41, 5.74) is 0. The van der Waals surface area contributed by atoms with Crippen LogP contribution in [0.25, 0.3) is 0 Å².